The Morgan fingerprint density at radius 2 is 1.79 bits per heavy atom. The largest absolute Gasteiger partial charge is 0.330 e. The van der Waals surface area contributed by atoms with E-state index in [2.05, 4.69) is 57.2 Å². The molecule has 0 fully saturated rings. The first kappa shape index (κ1) is 14.7. The zero-order valence-electron chi connectivity index (χ0n) is 10.4. The lowest BCUT2D eigenvalue weighted by Crippen LogP contribution is -2.35. The summed E-state index contributed by atoms with van der Waals surface area (Å²) < 4.78 is 0.714. The summed E-state index contributed by atoms with van der Waals surface area (Å²) in [5, 5.41) is 0. The minimum Gasteiger partial charge on any atom is -0.330 e. The second-order valence-corrected chi connectivity index (χ2v) is 7.43. The molecule has 0 aliphatic heterocycles. The maximum absolute atomic E-state index is 5.81. The van der Waals surface area contributed by atoms with E-state index < -0.39 is 0 Å². The molecule has 1 nitrogen and oxygen atoms in total. The molecule has 14 heavy (non-hydrogen) atoms. The molecule has 0 amide bonds. The lowest BCUT2D eigenvalue weighted by Gasteiger charge is -2.39. The molecule has 0 aliphatic rings. The molecule has 2 heteroatoms. The fraction of sp³-hybridized carbons (Fsp3) is 1.00. The van der Waals surface area contributed by atoms with Crippen LogP contribution in [0.15, 0.2) is 0 Å². The van der Waals surface area contributed by atoms with Gasteiger partial charge in [0, 0.05) is 3.92 Å². The van der Waals surface area contributed by atoms with Gasteiger partial charge in [0.2, 0.25) is 0 Å². The van der Waals surface area contributed by atoms with Crippen molar-refractivity contribution in [3.8, 4) is 0 Å². The molecule has 0 rings (SSSR count). The number of alkyl halides is 1. The van der Waals surface area contributed by atoms with E-state index in [9.17, 15) is 0 Å². The van der Waals surface area contributed by atoms with Crippen LogP contribution in [0.5, 0.6) is 0 Å². The molecule has 86 valence electrons. The first-order valence-electron chi connectivity index (χ1n) is 5.61. The van der Waals surface area contributed by atoms with Crippen molar-refractivity contribution < 1.29 is 0 Å². The third kappa shape index (κ3) is 4.47. The zero-order chi connectivity index (χ0) is 11.4. The Morgan fingerprint density at radius 3 is 2.07 bits per heavy atom. The van der Waals surface area contributed by atoms with Gasteiger partial charge in [0.1, 0.15) is 0 Å². The third-order valence-corrected chi connectivity index (χ3v) is 4.72. The maximum atomic E-state index is 5.81. The highest BCUT2D eigenvalue weighted by Gasteiger charge is 2.34. The Kier molecular flexibility index (Phi) is 5.97. The van der Waals surface area contributed by atoms with Gasteiger partial charge in [-0.1, -0.05) is 63.6 Å². The molecular formula is C12H26IN. The van der Waals surface area contributed by atoms with E-state index in [0.717, 1.165) is 6.54 Å². The quantitative estimate of drug-likeness (QED) is 0.582. The van der Waals surface area contributed by atoms with E-state index in [1.54, 1.807) is 0 Å². The molecule has 0 bridgehead atoms. The van der Waals surface area contributed by atoms with Gasteiger partial charge in [-0.25, -0.2) is 0 Å². The standard InChI is InChI=1S/C12H26IN/c1-6-7-12(5,10(2)13)8-11(3,4)9-14/h10H,6-9,14H2,1-5H3. The Labute approximate surface area is 103 Å². The van der Waals surface area contributed by atoms with E-state index in [-0.39, 0.29) is 5.41 Å². The highest BCUT2D eigenvalue weighted by Crippen LogP contribution is 2.42. The summed E-state index contributed by atoms with van der Waals surface area (Å²) in [6, 6.07) is 0. The van der Waals surface area contributed by atoms with Gasteiger partial charge >= 0.3 is 0 Å². The minimum atomic E-state index is 0.281. The Morgan fingerprint density at radius 1 is 1.29 bits per heavy atom. The molecule has 2 atom stereocenters. The van der Waals surface area contributed by atoms with Gasteiger partial charge in [-0.3, -0.25) is 0 Å². The van der Waals surface area contributed by atoms with Crippen LogP contribution in [0.25, 0.3) is 0 Å². The van der Waals surface area contributed by atoms with Crippen LogP contribution in [0.3, 0.4) is 0 Å². The predicted molar refractivity (Wildman–Crippen MR) is 73.9 cm³/mol. The SMILES string of the molecule is CCCC(C)(CC(C)(C)CN)C(C)I. The molecule has 0 heterocycles. The van der Waals surface area contributed by atoms with Gasteiger partial charge in [0.25, 0.3) is 0 Å². The van der Waals surface area contributed by atoms with Crippen LogP contribution < -0.4 is 5.73 Å². The topological polar surface area (TPSA) is 26.0 Å². The van der Waals surface area contributed by atoms with Gasteiger partial charge in [-0.05, 0) is 30.2 Å². The highest BCUT2D eigenvalue weighted by molar-refractivity contribution is 14.1. The van der Waals surface area contributed by atoms with Crippen LogP contribution in [-0.4, -0.2) is 10.5 Å². The maximum Gasteiger partial charge on any atom is 0.0135 e. The number of hydrogen-bond acceptors (Lipinski definition) is 1. The molecule has 0 spiro atoms. The number of nitrogens with two attached hydrogens (primary N) is 1. The number of rotatable bonds is 6. The molecule has 0 saturated heterocycles. The van der Waals surface area contributed by atoms with E-state index >= 15 is 0 Å². The predicted octanol–water partition coefficient (Wildman–Crippen LogP) is 3.99. The zero-order valence-corrected chi connectivity index (χ0v) is 12.5. The van der Waals surface area contributed by atoms with Crippen molar-refractivity contribution in [2.45, 2.75) is 57.8 Å². The van der Waals surface area contributed by atoms with Crippen LogP contribution >= 0.6 is 22.6 Å². The molecule has 0 aliphatic carbocycles. The summed E-state index contributed by atoms with van der Waals surface area (Å²) in [4.78, 5) is 0. The van der Waals surface area contributed by atoms with E-state index in [4.69, 9.17) is 5.73 Å². The lowest BCUT2D eigenvalue weighted by molar-refractivity contribution is 0.172. The van der Waals surface area contributed by atoms with E-state index in [1.165, 1.54) is 19.3 Å². The van der Waals surface area contributed by atoms with Crippen molar-refractivity contribution in [1.29, 1.82) is 0 Å². The molecule has 0 aromatic heterocycles. The summed E-state index contributed by atoms with van der Waals surface area (Å²) in [7, 11) is 0. The normalized spacial score (nSPS) is 19.1. The molecule has 0 aromatic rings. The highest BCUT2D eigenvalue weighted by atomic mass is 127. The number of halogens is 1. The lowest BCUT2D eigenvalue weighted by atomic mass is 9.70. The van der Waals surface area contributed by atoms with Crippen LogP contribution in [-0.2, 0) is 0 Å². The molecule has 2 N–H and O–H groups in total. The van der Waals surface area contributed by atoms with Crippen LogP contribution in [0.2, 0.25) is 0 Å². The van der Waals surface area contributed by atoms with E-state index in [0.29, 0.717) is 9.34 Å². The average molecular weight is 311 g/mol. The van der Waals surface area contributed by atoms with Crippen LogP contribution in [0.1, 0.15) is 53.9 Å². The monoisotopic (exact) mass is 311 g/mol. The van der Waals surface area contributed by atoms with Gasteiger partial charge < -0.3 is 5.73 Å². The summed E-state index contributed by atoms with van der Waals surface area (Å²) in [6.07, 6.45) is 3.81. The van der Waals surface area contributed by atoms with Gasteiger partial charge in [-0.2, -0.15) is 0 Å². The fourth-order valence-electron chi connectivity index (χ4n) is 2.16. The van der Waals surface area contributed by atoms with Crippen LogP contribution in [0, 0.1) is 10.8 Å². The Bertz CT molecular complexity index is 166. The first-order chi connectivity index (χ1) is 6.27. The van der Waals surface area contributed by atoms with Crippen molar-refractivity contribution in [3.63, 3.8) is 0 Å². The summed E-state index contributed by atoms with van der Waals surface area (Å²) in [6.45, 7) is 12.3. The first-order valence-corrected chi connectivity index (χ1v) is 6.86. The summed E-state index contributed by atoms with van der Waals surface area (Å²) in [5.74, 6) is 0. The van der Waals surface area contributed by atoms with Gasteiger partial charge in [0.15, 0.2) is 0 Å². The van der Waals surface area contributed by atoms with Gasteiger partial charge in [-0.15, -0.1) is 0 Å². The summed E-state index contributed by atoms with van der Waals surface area (Å²) in [5.41, 5.74) is 6.53. The third-order valence-electron chi connectivity index (χ3n) is 3.22. The molecular weight excluding hydrogens is 285 g/mol. The second kappa shape index (κ2) is 5.69. The minimum absolute atomic E-state index is 0.281. The average Bonchev–Trinajstić information content (AvgIpc) is 2.03. The number of hydrogen-bond donors (Lipinski definition) is 1. The Hall–Kier alpha value is 0.690. The molecule has 2 unspecified atom stereocenters. The van der Waals surface area contributed by atoms with Crippen molar-refractivity contribution >= 4 is 22.6 Å². The molecule has 0 aromatic carbocycles. The molecule has 0 saturated carbocycles. The molecule has 0 radical (unpaired) electrons. The van der Waals surface area contributed by atoms with Crippen molar-refractivity contribution in [2.24, 2.45) is 16.6 Å². The summed E-state index contributed by atoms with van der Waals surface area (Å²) >= 11 is 2.56. The van der Waals surface area contributed by atoms with Crippen LogP contribution in [0.4, 0.5) is 0 Å². The van der Waals surface area contributed by atoms with Crippen molar-refractivity contribution in [2.75, 3.05) is 6.54 Å². The van der Waals surface area contributed by atoms with E-state index in [1.807, 2.05) is 0 Å². The fourth-order valence-corrected chi connectivity index (χ4v) is 2.70. The second-order valence-electron chi connectivity index (χ2n) is 5.57. The smallest absolute Gasteiger partial charge is 0.0135 e. The van der Waals surface area contributed by atoms with Crippen molar-refractivity contribution in [3.05, 3.63) is 0 Å². The van der Waals surface area contributed by atoms with Crippen molar-refractivity contribution in [1.82, 2.24) is 0 Å². The van der Waals surface area contributed by atoms with Gasteiger partial charge in [0.05, 0.1) is 0 Å². The Balaban J connectivity index is 4.51.